The van der Waals surface area contributed by atoms with Crippen LogP contribution in [-0.2, 0) is 16.1 Å². The van der Waals surface area contributed by atoms with Crippen LogP contribution in [0.15, 0.2) is 30.3 Å². The molecule has 1 heterocycles. The van der Waals surface area contributed by atoms with E-state index < -0.39 is 43.5 Å². The number of carbonyl (C=O) groups is 2. The number of hydrogen-bond acceptors (Lipinski definition) is 4. The van der Waals surface area contributed by atoms with E-state index in [0.29, 0.717) is 0 Å². The van der Waals surface area contributed by atoms with Crippen molar-refractivity contribution >= 4 is 11.8 Å². The number of esters is 1. The fourth-order valence-electron chi connectivity index (χ4n) is 2.47. The second-order valence-corrected chi connectivity index (χ2v) is 5.79. The van der Waals surface area contributed by atoms with E-state index in [9.17, 15) is 27.2 Å². The zero-order valence-corrected chi connectivity index (χ0v) is 14.6. The lowest BCUT2D eigenvalue weighted by molar-refractivity contribution is -0.145. The number of halogens is 4. The first-order chi connectivity index (χ1) is 12.6. The molecule has 5 nitrogen and oxygen atoms in total. The van der Waals surface area contributed by atoms with Crippen LogP contribution < -0.4 is 4.74 Å². The molecular weight excluding hydrogens is 370 g/mol. The van der Waals surface area contributed by atoms with Gasteiger partial charge in [0.05, 0.1) is 0 Å². The molecule has 27 heavy (non-hydrogen) atoms. The first kappa shape index (κ1) is 20.5. The predicted octanol–water partition coefficient (Wildman–Crippen LogP) is 3.61. The molecule has 0 aliphatic heterocycles. The van der Waals surface area contributed by atoms with Gasteiger partial charge in [0.25, 0.3) is 0 Å². The maximum atomic E-state index is 13.4. The molecule has 2 aromatic rings. The molecule has 0 bridgehead atoms. The molecule has 0 amide bonds. The molecule has 2 rings (SSSR count). The van der Waals surface area contributed by atoms with Crippen molar-refractivity contribution in [2.24, 2.45) is 0 Å². The highest BCUT2D eigenvalue weighted by atomic mass is 19.4. The molecule has 0 fully saturated rings. The molecule has 0 spiro atoms. The molecule has 0 aliphatic carbocycles. The van der Waals surface area contributed by atoms with Gasteiger partial charge in [-0.1, -0.05) is 12.1 Å². The number of rotatable bonds is 7. The molecule has 0 radical (unpaired) electrons. The summed E-state index contributed by atoms with van der Waals surface area (Å²) in [6, 6.07) is 6.76. The van der Waals surface area contributed by atoms with E-state index >= 15 is 0 Å². The maximum absolute atomic E-state index is 13.4. The summed E-state index contributed by atoms with van der Waals surface area (Å²) >= 11 is 0. The Morgan fingerprint density at radius 1 is 1.11 bits per heavy atom. The van der Waals surface area contributed by atoms with E-state index in [1.54, 1.807) is 0 Å². The fourth-order valence-corrected chi connectivity index (χ4v) is 2.47. The minimum atomic E-state index is -4.43. The van der Waals surface area contributed by atoms with Crippen molar-refractivity contribution in [1.82, 2.24) is 4.57 Å². The standard InChI is InChI=1S/C18H17F4NO4/c1-11-7-13(12(2)23(11)10-18(20,21)22)15(24)8-27-17(25)9-26-16-6-4-3-5-14(16)19/h3-7H,8-10H2,1-2H3. The maximum Gasteiger partial charge on any atom is 0.406 e. The zero-order chi connectivity index (χ0) is 20.2. The van der Waals surface area contributed by atoms with Gasteiger partial charge < -0.3 is 14.0 Å². The smallest absolute Gasteiger partial charge is 0.406 e. The highest BCUT2D eigenvalue weighted by molar-refractivity contribution is 5.99. The van der Waals surface area contributed by atoms with E-state index in [0.717, 1.165) is 10.6 Å². The van der Waals surface area contributed by atoms with Crippen molar-refractivity contribution in [1.29, 1.82) is 0 Å². The van der Waals surface area contributed by atoms with Crippen LogP contribution in [0.2, 0.25) is 0 Å². The van der Waals surface area contributed by atoms with E-state index in [1.165, 1.54) is 38.1 Å². The Bertz CT molecular complexity index is 842. The van der Waals surface area contributed by atoms with Gasteiger partial charge in [-0.25, -0.2) is 9.18 Å². The van der Waals surface area contributed by atoms with Crippen molar-refractivity contribution in [2.45, 2.75) is 26.6 Å². The van der Waals surface area contributed by atoms with E-state index in [4.69, 9.17) is 9.47 Å². The van der Waals surface area contributed by atoms with Crippen molar-refractivity contribution in [3.8, 4) is 5.75 Å². The van der Waals surface area contributed by atoms with Crippen LogP contribution in [0.5, 0.6) is 5.75 Å². The molecule has 0 saturated heterocycles. The van der Waals surface area contributed by atoms with Gasteiger partial charge >= 0.3 is 12.1 Å². The van der Waals surface area contributed by atoms with Gasteiger partial charge in [0, 0.05) is 17.0 Å². The van der Waals surface area contributed by atoms with Crippen LogP contribution in [0.4, 0.5) is 17.6 Å². The Morgan fingerprint density at radius 2 is 1.78 bits per heavy atom. The topological polar surface area (TPSA) is 57.5 Å². The minimum absolute atomic E-state index is 0.0413. The van der Waals surface area contributed by atoms with Gasteiger partial charge in [-0.05, 0) is 32.0 Å². The molecule has 146 valence electrons. The number of hydrogen-bond donors (Lipinski definition) is 0. The summed E-state index contributed by atoms with van der Waals surface area (Å²) in [6.07, 6.45) is -4.43. The Labute approximate surface area is 152 Å². The number of ether oxygens (including phenoxy) is 2. The third kappa shape index (κ3) is 5.57. The van der Waals surface area contributed by atoms with Crippen LogP contribution in [0.25, 0.3) is 0 Å². The largest absolute Gasteiger partial charge is 0.479 e. The molecule has 0 aliphatic rings. The third-order valence-electron chi connectivity index (χ3n) is 3.76. The highest BCUT2D eigenvalue weighted by Crippen LogP contribution is 2.23. The molecule has 1 aromatic carbocycles. The van der Waals surface area contributed by atoms with Crippen LogP contribution in [0, 0.1) is 19.7 Å². The fraction of sp³-hybridized carbons (Fsp3) is 0.333. The van der Waals surface area contributed by atoms with Crippen molar-refractivity contribution in [2.75, 3.05) is 13.2 Å². The summed E-state index contributed by atoms with van der Waals surface area (Å²) in [5, 5.41) is 0. The lowest BCUT2D eigenvalue weighted by Crippen LogP contribution is -2.21. The Morgan fingerprint density at radius 3 is 2.41 bits per heavy atom. The Kier molecular flexibility index (Phi) is 6.24. The lowest BCUT2D eigenvalue weighted by atomic mass is 10.1. The number of para-hydroxylation sites is 1. The molecule has 0 saturated carbocycles. The van der Waals surface area contributed by atoms with Crippen LogP contribution in [-0.4, -0.2) is 35.7 Å². The Balaban J connectivity index is 1.93. The molecule has 0 unspecified atom stereocenters. The second-order valence-electron chi connectivity index (χ2n) is 5.79. The van der Waals surface area contributed by atoms with Crippen molar-refractivity contribution in [3.05, 3.63) is 53.1 Å². The number of aryl methyl sites for hydroxylation is 1. The summed E-state index contributed by atoms with van der Waals surface area (Å²) < 4.78 is 61.8. The normalized spacial score (nSPS) is 11.3. The monoisotopic (exact) mass is 387 g/mol. The average molecular weight is 387 g/mol. The number of aromatic nitrogens is 1. The SMILES string of the molecule is Cc1cc(C(=O)COC(=O)COc2ccccc2F)c(C)n1CC(F)(F)F. The van der Waals surface area contributed by atoms with E-state index in [-0.39, 0.29) is 22.7 Å². The predicted molar refractivity (Wildman–Crippen MR) is 87.1 cm³/mol. The summed E-state index contributed by atoms with van der Waals surface area (Å²) in [7, 11) is 0. The summed E-state index contributed by atoms with van der Waals surface area (Å²) in [4.78, 5) is 23.8. The molecule has 9 heteroatoms. The number of Topliss-reactive ketones (excluding diaryl/α,β-unsaturated/α-hetero) is 1. The number of carbonyl (C=O) groups excluding carboxylic acids is 2. The van der Waals surface area contributed by atoms with Gasteiger partial charge in [-0.15, -0.1) is 0 Å². The third-order valence-corrected chi connectivity index (χ3v) is 3.76. The zero-order valence-electron chi connectivity index (χ0n) is 14.6. The molecule has 1 aromatic heterocycles. The van der Waals surface area contributed by atoms with Crippen LogP contribution in [0.1, 0.15) is 21.7 Å². The first-order valence-corrected chi connectivity index (χ1v) is 7.88. The van der Waals surface area contributed by atoms with Crippen molar-refractivity contribution in [3.63, 3.8) is 0 Å². The number of nitrogens with zero attached hydrogens (tertiary/aromatic N) is 1. The van der Waals surface area contributed by atoms with Crippen molar-refractivity contribution < 1.29 is 36.6 Å². The molecular formula is C18H17F4NO4. The summed E-state index contributed by atoms with van der Waals surface area (Å²) in [5.74, 6) is -2.35. The minimum Gasteiger partial charge on any atom is -0.479 e. The molecule has 0 N–H and O–H groups in total. The van der Waals surface area contributed by atoms with Gasteiger partial charge in [-0.2, -0.15) is 13.2 Å². The van der Waals surface area contributed by atoms with Gasteiger partial charge in [0.1, 0.15) is 6.54 Å². The molecule has 0 atom stereocenters. The number of alkyl halides is 3. The summed E-state index contributed by atoms with van der Waals surface area (Å²) in [5.41, 5.74) is 0.440. The number of ketones is 1. The van der Waals surface area contributed by atoms with Crippen LogP contribution >= 0.6 is 0 Å². The highest BCUT2D eigenvalue weighted by Gasteiger charge is 2.30. The van der Waals surface area contributed by atoms with Gasteiger partial charge in [0.2, 0.25) is 5.78 Å². The van der Waals surface area contributed by atoms with Crippen LogP contribution in [0.3, 0.4) is 0 Å². The van der Waals surface area contributed by atoms with E-state index in [1.807, 2.05) is 0 Å². The van der Waals surface area contributed by atoms with Gasteiger partial charge in [0.15, 0.2) is 24.8 Å². The first-order valence-electron chi connectivity index (χ1n) is 7.88. The lowest BCUT2D eigenvalue weighted by Gasteiger charge is -2.12. The quantitative estimate of drug-likeness (QED) is 0.414. The average Bonchev–Trinajstić information content (AvgIpc) is 2.86. The number of benzene rings is 1. The Hall–Kier alpha value is -2.84. The second kappa shape index (κ2) is 8.24. The van der Waals surface area contributed by atoms with Gasteiger partial charge in [-0.3, -0.25) is 4.79 Å². The summed E-state index contributed by atoms with van der Waals surface area (Å²) in [6.45, 7) is 0.351. The van der Waals surface area contributed by atoms with E-state index in [2.05, 4.69) is 0 Å².